The molecule has 0 bridgehead atoms. The van der Waals surface area contributed by atoms with Gasteiger partial charge >= 0.3 is 0 Å². The molecule has 1 atom stereocenters. The molecule has 2 aromatic carbocycles. The smallest absolute Gasteiger partial charge is 0.142 e. The molecule has 1 aliphatic heterocycles. The molecule has 0 fully saturated rings. The SMILES string of the molecule is Fc1ccc(CO/N=C2\c3ccccc3OCC2n2cncn2)cc1. The van der Waals surface area contributed by atoms with Crippen molar-refractivity contribution in [1.29, 1.82) is 0 Å². The molecule has 7 heteroatoms. The number of hydrogen-bond donors (Lipinski definition) is 0. The first kappa shape index (κ1) is 15.3. The largest absolute Gasteiger partial charge is 0.490 e. The van der Waals surface area contributed by atoms with Gasteiger partial charge in [0.2, 0.25) is 0 Å². The summed E-state index contributed by atoms with van der Waals surface area (Å²) >= 11 is 0. The number of oxime groups is 1. The molecule has 25 heavy (non-hydrogen) atoms. The molecule has 1 unspecified atom stereocenters. The minimum absolute atomic E-state index is 0.231. The Bertz CT molecular complexity index is 878. The van der Waals surface area contributed by atoms with Crippen molar-refractivity contribution in [3.05, 3.63) is 78.1 Å². The normalized spacial score (nSPS) is 17.8. The van der Waals surface area contributed by atoms with E-state index in [-0.39, 0.29) is 18.5 Å². The van der Waals surface area contributed by atoms with Crippen LogP contribution in [0.2, 0.25) is 0 Å². The first-order valence-electron chi connectivity index (χ1n) is 7.82. The van der Waals surface area contributed by atoms with Crippen LogP contribution in [0.1, 0.15) is 17.2 Å². The van der Waals surface area contributed by atoms with Crippen LogP contribution in [0.25, 0.3) is 0 Å². The van der Waals surface area contributed by atoms with Gasteiger partial charge in [-0.1, -0.05) is 29.4 Å². The van der Waals surface area contributed by atoms with Crippen molar-refractivity contribution in [3.8, 4) is 5.75 Å². The highest BCUT2D eigenvalue weighted by Gasteiger charge is 2.29. The fourth-order valence-electron chi connectivity index (χ4n) is 2.68. The van der Waals surface area contributed by atoms with E-state index in [0.717, 1.165) is 22.6 Å². The summed E-state index contributed by atoms with van der Waals surface area (Å²) < 4.78 is 20.5. The zero-order chi connectivity index (χ0) is 17.1. The van der Waals surface area contributed by atoms with Crippen molar-refractivity contribution in [2.45, 2.75) is 12.6 Å². The second-order valence-corrected chi connectivity index (χ2v) is 5.57. The first-order chi connectivity index (χ1) is 12.3. The second kappa shape index (κ2) is 6.72. The maximum absolute atomic E-state index is 13.0. The Morgan fingerprint density at radius 3 is 2.84 bits per heavy atom. The Labute approximate surface area is 143 Å². The predicted octanol–water partition coefficient (Wildman–Crippen LogP) is 2.97. The minimum Gasteiger partial charge on any atom is -0.490 e. The van der Waals surface area contributed by atoms with Crippen LogP contribution >= 0.6 is 0 Å². The van der Waals surface area contributed by atoms with E-state index in [2.05, 4.69) is 15.2 Å². The Morgan fingerprint density at radius 1 is 1.20 bits per heavy atom. The third kappa shape index (κ3) is 3.21. The number of rotatable bonds is 4. The lowest BCUT2D eigenvalue weighted by molar-refractivity contribution is 0.127. The number of nitrogens with zero attached hydrogens (tertiary/aromatic N) is 4. The van der Waals surface area contributed by atoms with Crippen LogP contribution < -0.4 is 4.74 Å². The molecule has 6 nitrogen and oxygen atoms in total. The van der Waals surface area contributed by atoms with E-state index in [1.807, 2.05) is 24.3 Å². The van der Waals surface area contributed by atoms with Crippen molar-refractivity contribution < 1.29 is 14.0 Å². The van der Waals surface area contributed by atoms with Crippen molar-refractivity contribution in [1.82, 2.24) is 14.8 Å². The van der Waals surface area contributed by atoms with E-state index in [1.54, 1.807) is 23.1 Å². The van der Waals surface area contributed by atoms with Crippen molar-refractivity contribution in [2.24, 2.45) is 5.16 Å². The molecule has 4 rings (SSSR count). The molecule has 0 saturated carbocycles. The van der Waals surface area contributed by atoms with E-state index in [1.165, 1.54) is 18.5 Å². The zero-order valence-electron chi connectivity index (χ0n) is 13.2. The molecular weight excluding hydrogens is 323 g/mol. The number of aromatic nitrogens is 3. The van der Waals surface area contributed by atoms with E-state index < -0.39 is 0 Å². The van der Waals surface area contributed by atoms with Gasteiger partial charge in [-0.25, -0.2) is 14.1 Å². The molecule has 0 N–H and O–H groups in total. The summed E-state index contributed by atoms with van der Waals surface area (Å²) in [5.41, 5.74) is 2.41. The number of para-hydroxylation sites is 1. The fourth-order valence-corrected chi connectivity index (χ4v) is 2.68. The second-order valence-electron chi connectivity index (χ2n) is 5.57. The van der Waals surface area contributed by atoms with Gasteiger partial charge in [0.05, 0.1) is 0 Å². The summed E-state index contributed by atoms with van der Waals surface area (Å²) in [5.74, 6) is 0.475. The predicted molar refractivity (Wildman–Crippen MR) is 88.7 cm³/mol. The maximum Gasteiger partial charge on any atom is 0.142 e. The third-order valence-corrected chi connectivity index (χ3v) is 3.94. The summed E-state index contributed by atoms with van der Waals surface area (Å²) in [6.07, 6.45) is 3.09. The van der Waals surface area contributed by atoms with Crippen molar-refractivity contribution in [3.63, 3.8) is 0 Å². The number of hydrogen-bond acceptors (Lipinski definition) is 5. The summed E-state index contributed by atoms with van der Waals surface area (Å²) in [4.78, 5) is 9.52. The van der Waals surface area contributed by atoms with Gasteiger partial charge in [0, 0.05) is 5.56 Å². The Balaban J connectivity index is 1.61. The Kier molecular flexibility index (Phi) is 4.12. The molecule has 1 aliphatic rings. The van der Waals surface area contributed by atoms with Gasteiger partial charge in [0.1, 0.15) is 49.2 Å². The van der Waals surface area contributed by atoms with E-state index in [0.29, 0.717) is 6.61 Å². The topological polar surface area (TPSA) is 61.5 Å². The van der Waals surface area contributed by atoms with Gasteiger partial charge in [-0.05, 0) is 29.8 Å². The van der Waals surface area contributed by atoms with Gasteiger partial charge in [-0.3, -0.25) is 0 Å². The maximum atomic E-state index is 13.0. The lowest BCUT2D eigenvalue weighted by Gasteiger charge is -2.26. The first-order valence-corrected chi connectivity index (χ1v) is 7.82. The molecule has 3 aromatic rings. The van der Waals surface area contributed by atoms with Gasteiger partial charge in [0.25, 0.3) is 0 Å². The van der Waals surface area contributed by atoms with E-state index in [9.17, 15) is 4.39 Å². The highest BCUT2D eigenvalue weighted by atomic mass is 19.1. The molecule has 0 spiro atoms. The standard InChI is InChI=1S/C18H15FN4O2/c19-14-7-5-13(6-8-14)9-25-22-18-15-3-1-2-4-17(15)24-10-16(18)23-12-20-11-21-23/h1-8,11-12,16H,9-10H2/b22-18+. The molecular formula is C18H15FN4O2. The lowest BCUT2D eigenvalue weighted by Crippen LogP contribution is -2.31. The number of benzene rings is 2. The number of ether oxygens (including phenoxy) is 1. The molecule has 126 valence electrons. The van der Waals surface area contributed by atoms with Crippen LogP contribution in [0, 0.1) is 5.82 Å². The Hall–Kier alpha value is -3.22. The van der Waals surface area contributed by atoms with Crippen LogP contribution in [0.4, 0.5) is 4.39 Å². The van der Waals surface area contributed by atoms with Crippen LogP contribution in [-0.2, 0) is 11.4 Å². The van der Waals surface area contributed by atoms with E-state index in [4.69, 9.17) is 9.57 Å². The minimum atomic E-state index is -0.278. The highest BCUT2D eigenvalue weighted by Crippen LogP contribution is 2.29. The van der Waals surface area contributed by atoms with Gasteiger partial charge < -0.3 is 9.57 Å². The molecule has 2 heterocycles. The van der Waals surface area contributed by atoms with Crippen LogP contribution in [-0.4, -0.2) is 27.1 Å². The molecule has 0 aliphatic carbocycles. The van der Waals surface area contributed by atoms with Gasteiger partial charge in [-0.2, -0.15) is 5.10 Å². The lowest BCUT2D eigenvalue weighted by atomic mass is 10.0. The fraction of sp³-hybridized carbons (Fsp3) is 0.167. The average molecular weight is 338 g/mol. The molecule has 0 amide bonds. The quantitative estimate of drug-likeness (QED) is 0.686. The average Bonchev–Trinajstić information content (AvgIpc) is 3.18. The highest BCUT2D eigenvalue weighted by molar-refractivity contribution is 6.06. The monoisotopic (exact) mass is 338 g/mol. The third-order valence-electron chi connectivity index (χ3n) is 3.94. The molecule has 0 radical (unpaired) electrons. The summed E-state index contributed by atoms with van der Waals surface area (Å²) in [6, 6.07) is 13.5. The Morgan fingerprint density at radius 2 is 2.04 bits per heavy atom. The van der Waals surface area contributed by atoms with E-state index >= 15 is 0 Å². The zero-order valence-corrected chi connectivity index (χ0v) is 13.2. The number of fused-ring (bicyclic) bond motifs is 1. The van der Waals surface area contributed by atoms with Crippen molar-refractivity contribution in [2.75, 3.05) is 6.61 Å². The summed E-state index contributed by atoms with van der Waals surface area (Å²) in [6.45, 7) is 0.635. The van der Waals surface area contributed by atoms with Crippen LogP contribution in [0.3, 0.4) is 0 Å². The van der Waals surface area contributed by atoms with Crippen LogP contribution in [0.15, 0.2) is 66.3 Å². The summed E-state index contributed by atoms with van der Waals surface area (Å²) in [7, 11) is 0. The molecule has 1 aromatic heterocycles. The molecule has 0 saturated heterocycles. The van der Waals surface area contributed by atoms with Gasteiger partial charge in [0.15, 0.2) is 0 Å². The van der Waals surface area contributed by atoms with Gasteiger partial charge in [-0.15, -0.1) is 0 Å². The summed E-state index contributed by atoms with van der Waals surface area (Å²) in [5, 5.41) is 8.52. The van der Waals surface area contributed by atoms with Crippen LogP contribution in [0.5, 0.6) is 5.75 Å². The number of halogens is 1. The van der Waals surface area contributed by atoms with Crippen molar-refractivity contribution >= 4 is 5.71 Å².